The van der Waals surface area contributed by atoms with Crippen molar-refractivity contribution in [2.24, 2.45) is 5.73 Å². The van der Waals surface area contributed by atoms with Gasteiger partial charge in [0, 0.05) is 23.6 Å². The summed E-state index contributed by atoms with van der Waals surface area (Å²) in [5.74, 6) is 0. The van der Waals surface area contributed by atoms with Gasteiger partial charge in [0.25, 0.3) is 0 Å². The summed E-state index contributed by atoms with van der Waals surface area (Å²) in [7, 11) is 0. The first-order valence-electron chi connectivity index (χ1n) is 7.74. The van der Waals surface area contributed by atoms with Gasteiger partial charge in [-0.3, -0.25) is 0 Å². The van der Waals surface area contributed by atoms with E-state index in [0.717, 1.165) is 32.4 Å². The number of unbranched alkanes of at least 4 members (excludes halogenated alkanes) is 3. The SMILES string of the molecule is C=CCCCCCn1cc(CCCN)c2ccccc21. The Morgan fingerprint density at radius 2 is 1.95 bits per heavy atom. The van der Waals surface area contributed by atoms with Crippen LogP contribution in [-0.4, -0.2) is 11.1 Å². The molecule has 2 rings (SSSR count). The quantitative estimate of drug-likeness (QED) is 0.535. The number of aromatic nitrogens is 1. The topological polar surface area (TPSA) is 30.9 Å². The molecule has 0 aliphatic rings. The van der Waals surface area contributed by atoms with Crippen LogP contribution in [0.3, 0.4) is 0 Å². The Labute approximate surface area is 122 Å². The average molecular weight is 270 g/mol. The van der Waals surface area contributed by atoms with E-state index in [0.29, 0.717) is 0 Å². The summed E-state index contributed by atoms with van der Waals surface area (Å²) in [6.07, 6.45) is 11.4. The second-order valence-corrected chi connectivity index (χ2v) is 5.40. The molecular weight excluding hydrogens is 244 g/mol. The Morgan fingerprint density at radius 3 is 2.75 bits per heavy atom. The number of hydrogen-bond donors (Lipinski definition) is 1. The number of nitrogens with zero attached hydrogens (tertiary/aromatic N) is 1. The van der Waals surface area contributed by atoms with Crippen LogP contribution >= 0.6 is 0 Å². The molecule has 0 saturated heterocycles. The molecule has 0 aliphatic carbocycles. The van der Waals surface area contributed by atoms with E-state index in [9.17, 15) is 0 Å². The molecule has 0 amide bonds. The van der Waals surface area contributed by atoms with Gasteiger partial charge in [-0.15, -0.1) is 6.58 Å². The fourth-order valence-electron chi connectivity index (χ4n) is 2.75. The predicted molar refractivity (Wildman–Crippen MR) is 88.0 cm³/mol. The van der Waals surface area contributed by atoms with Gasteiger partial charge in [-0.1, -0.05) is 30.7 Å². The number of nitrogens with two attached hydrogens (primary N) is 1. The second kappa shape index (κ2) is 7.91. The first-order valence-corrected chi connectivity index (χ1v) is 7.74. The fraction of sp³-hybridized carbons (Fsp3) is 0.444. The number of fused-ring (bicyclic) bond motifs is 1. The second-order valence-electron chi connectivity index (χ2n) is 5.40. The van der Waals surface area contributed by atoms with Crippen molar-refractivity contribution in [3.63, 3.8) is 0 Å². The summed E-state index contributed by atoms with van der Waals surface area (Å²) in [6.45, 7) is 5.65. The zero-order valence-corrected chi connectivity index (χ0v) is 12.4. The van der Waals surface area contributed by atoms with Gasteiger partial charge in [0.1, 0.15) is 0 Å². The molecule has 1 heterocycles. The van der Waals surface area contributed by atoms with E-state index in [1.807, 2.05) is 6.08 Å². The van der Waals surface area contributed by atoms with Crippen molar-refractivity contribution < 1.29 is 0 Å². The molecule has 2 aromatic rings. The Morgan fingerprint density at radius 1 is 1.10 bits per heavy atom. The molecular formula is C18H26N2. The lowest BCUT2D eigenvalue weighted by molar-refractivity contribution is 0.601. The minimum atomic E-state index is 0.765. The summed E-state index contributed by atoms with van der Waals surface area (Å²) in [4.78, 5) is 0. The van der Waals surface area contributed by atoms with Gasteiger partial charge in [0.05, 0.1) is 0 Å². The van der Waals surface area contributed by atoms with Crippen LogP contribution in [0.2, 0.25) is 0 Å². The van der Waals surface area contributed by atoms with Crippen molar-refractivity contribution in [2.45, 2.75) is 45.1 Å². The third kappa shape index (κ3) is 3.73. The molecule has 0 spiro atoms. The van der Waals surface area contributed by atoms with Crippen molar-refractivity contribution in [1.82, 2.24) is 4.57 Å². The van der Waals surface area contributed by atoms with Gasteiger partial charge in [0.15, 0.2) is 0 Å². The van der Waals surface area contributed by atoms with E-state index < -0.39 is 0 Å². The molecule has 0 bridgehead atoms. The van der Waals surface area contributed by atoms with Crippen molar-refractivity contribution >= 4 is 10.9 Å². The largest absolute Gasteiger partial charge is 0.347 e. The van der Waals surface area contributed by atoms with E-state index in [-0.39, 0.29) is 0 Å². The van der Waals surface area contributed by atoms with E-state index in [2.05, 4.69) is 41.6 Å². The monoisotopic (exact) mass is 270 g/mol. The average Bonchev–Trinajstić information content (AvgIpc) is 2.83. The number of hydrogen-bond acceptors (Lipinski definition) is 1. The molecule has 108 valence electrons. The van der Waals surface area contributed by atoms with Crippen LogP contribution in [0.25, 0.3) is 10.9 Å². The van der Waals surface area contributed by atoms with Gasteiger partial charge < -0.3 is 10.3 Å². The van der Waals surface area contributed by atoms with Crippen LogP contribution in [0, 0.1) is 0 Å². The lowest BCUT2D eigenvalue weighted by Gasteiger charge is -2.04. The molecule has 0 radical (unpaired) electrons. The summed E-state index contributed by atoms with van der Waals surface area (Å²) < 4.78 is 2.41. The predicted octanol–water partition coefficient (Wildman–Crippen LogP) is 4.28. The maximum absolute atomic E-state index is 5.64. The minimum Gasteiger partial charge on any atom is -0.347 e. The molecule has 2 heteroatoms. The Hall–Kier alpha value is -1.54. The first kappa shape index (κ1) is 14.9. The number of allylic oxidation sites excluding steroid dienone is 1. The Bertz CT molecular complexity index is 539. The number of para-hydroxylation sites is 1. The van der Waals surface area contributed by atoms with Crippen LogP contribution in [-0.2, 0) is 13.0 Å². The standard InChI is InChI=1S/C18H26N2/c1-2-3-4-5-8-14-20-15-16(10-9-13-19)17-11-6-7-12-18(17)20/h2,6-7,11-12,15H,1,3-5,8-10,13-14,19H2. The molecule has 2 nitrogen and oxygen atoms in total. The smallest absolute Gasteiger partial charge is 0.0483 e. The lowest BCUT2D eigenvalue weighted by atomic mass is 10.1. The molecule has 2 N–H and O–H groups in total. The maximum Gasteiger partial charge on any atom is 0.0483 e. The third-order valence-corrected chi connectivity index (χ3v) is 3.83. The number of benzene rings is 1. The van der Waals surface area contributed by atoms with E-state index in [1.165, 1.54) is 35.7 Å². The van der Waals surface area contributed by atoms with Gasteiger partial charge in [-0.05, 0) is 50.3 Å². The molecule has 0 fully saturated rings. The molecule has 0 unspecified atom stereocenters. The van der Waals surface area contributed by atoms with Crippen LogP contribution < -0.4 is 5.73 Å². The highest BCUT2D eigenvalue weighted by Gasteiger charge is 2.07. The zero-order valence-electron chi connectivity index (χ0n) is 12.4. The molecule has 1 aromatic heterocycles. The van der Waals surface area contributed by atoms with Crippen molar-refractivity contribution in [2.75, 3.05) is 6.54 Å². The van der Waals surface area contributed by atoms with Gasteiger partial charge in [0.2, 0.25) is 0 Å². The van der Waals surface area contributed by atoms with Crippen molar-refractivity contribution in [1.29, 1.82) is 0 Å². The van der Waals surface area contributed by atoms with Gasteiger partial charge in [-0.2, -0.15) is 0 Å². The lowest BCUT2D eigenvalue weighted by Crippen LogP contribution is -2.00. The normalized spacial score (nSPS) is 11.1. The number of rotatable bonds is 9. The van der Waals surface area contributed by atoms with E-state index in [4.69, 9.17) is 5.73 Å². The van der Waals surface area contributed by atoms with Crippen LogP contribution in [0.4, 0.5) is 0 Å². The molecule has 0 atom stereocenters. The Kier molecular flexibility index (Phi) is 5.87. The van der Waals surface area contributed by atoms with Crippen LogP contribution in [0.5, 0.6) is 0 Å². The van der Waals surface area contributed by atoms with Gasteiger partial charge in [-0.25, -0.2) is 0 Å². The zero-order chi connectivity index (χ0) is 14.2. The summed E-state index contributed by atoms with van der Waals surface area (Å²) in [5.41, 5.74) is 8.44. The molecule has 0 saturated carbocycles. The summed E-state index contributed by atoms with van der Waals surface area (Å²) in [6, 6.07) is 8.71. The first-order chi connectivity index (χ1) is 9.86. The molecule has 0 aliphatic heterocycles. The minimum absolute atomic E-state index is 0.765. The number of aryl methyl sites for hydroxylation is 2. The molecule has 20 heavy (non-hydrogen) atoms. The van der Waals surface area contributed by atoms with Crippen molar-refractivity contribution in [3.8, 4) is 0 Å². The summed E-state index contributed by atoms with van der Waals surface area (Å²) >= 11 is 0. The highest BCUT2D eigenvalue weighted by molar-refractivity contribution is 5.83. The summed E-state index contributed by atoms with van der Waals surface area (Å²) in [5, 5.41) is 1.40. The fourth-order valence-corrected chi connectivity index (χ4v) is 2.75. The van der Waals surface area contributed by atoms with E-state index in [1.54, 1.807) is 0 Å². The van der Waals surface area contributed by atoms with Crippen LogP contribution in [0.1, 0.15) is 37.7 Å². The Balaban J connectivity index is 2.06. The third-order valence-electron chi connectivity index (χ3n) is 3.83. The highest BCUT2D eigenvalue weighted by Crippen LogP contribution is 2.23. The molecule has 1 aromatic carbocycles. The maximum atomic E-state index is 5.64. The van der Waals surface area contributed by atoms with Gasteiger partial charge >= 0.3 is 0 Å². The van der Waals surface area contributed by atoms with Crippen molar-refractivity contribution in [3.05, 3.63) is 48.7 Å². The van der Waals surface area contributed by atoms with E-state index >= 15 is 0 Å². The highest BCUT2D eigenvalue weighted by atomic mass is 15.0. The van der Waals surface area contributed by atoms with Crippen LogP contribution in [0.15, 0.2) is 43.1 Å².